The summed E-state index contributed by atoms with van der Waals surface area (Å²) in [5.41, 5.74) is -1.11. The second kappa shape index (κ2) is 10.3. The lowest BCUT2D eigenvalue weighted by Gasteiger charge is -2.42. The molecule has 35 heavy (non-hydrogen) atoms. The molecule has 1 N–H and O–H groups in total. The zero-order chi connectivity index (χ0) is 25.5. The summed E-state index contributed by atoms with van der Waals surface area (Å²) >= 11 is 3.70. The van der Waals surface area contributed by atoms with Gasteiger partial charge in [-0.25, -0.2) is 0 Å². The Kier molecular flexibility index (Phi) is 7.79. The molecule has 8 nitrogen and oxygen atoms in total. The molecule has 2 bridgehead atoms. The van der Waals surface area contributed by atoms with Crippen LogP contribution in [0.3, 0.4) is 0 Å². The topological polar surface area (TPSA) is 90.4 Å². The minimum atomic E-state index is -1.11. The second-order valence-corrected chi connectivity index (χ2v) is 11.7. The van der Waals surface area contributed by atoms with Gasteiger partial charge in [0.1, 0.15) is 11.6 Å². The maximum atomic E-state index is 14.4. The fourth-order valence-corrected chi connectivity index (χ4v) is 7.78. The summed E-state index contributed by atoms with van der Waals surface area (Å²) in [7, 11) is 1.69. The first-order chi connectivity index (χ1) is 16.7. The second-order valence-electron chi connectivity index (χ2n) is 10.5. The molecule has 1 saturated carbocycles. The van der Waals surface area contributed by atoms with Crippen LogP contribution in [-0.2, 0) is 19.1 Å². The van der Waals surface area contributed by atoms with Crippen molar-refractivity contribution in [3.63, 3.8) is 0 Å². The van der Waals surface area contributed by atoms with Crippen LogP contribution >= 0.6 is 15.9 Å². The van der Waals surface area contributed by atoms with Crippen molar-refractivity contribution in [2.24, 2.45) is 11.8 Å². The number of alkyl halides is 1. The van der Waals surface area contributed by atoms with Gasteiger partial charge in [-0.15, -0.1) is 13.2 Å². The van der Waals surface area contributed by atoms with E-state index in [4.69, 9.17) is 4.74 Å². The third-order valence-corrected chi connectivity index (χ3v) is 9.23. The number of fused-ring (bicyclic) bond motifs is 1. The first kappa shape index (κ1) is 26.4. The molecule has 4 fully saturated rings. The van der Waals surface area contributed by atoms with E-state index in [1.54, 1.807) is 31.0 Å². The molecule has 7 atom stereocenters. The molecule has 3 saturated heterocycles. The maximum Gasteiger partial charge on any atom is 0.248 e. The number of hydrogen-bond donors (Lipinski definition) is 1. The van der Waals surface area contributed by atoms with E-state index in [0.29, 0.717) is 19.5 Å². The molecule has 1 spiro atoms. The van der Waals surface area contributed by atoms with Crippen molar-refractivity contribution in [1.82, 2.24) is 14.7 Å². The summed E-state index contributed by atoms with van der Waals surface area (Å²) in [4.78, 5) is 46.6. The molecule has 1 aliphatic carbocycles. The van der Waals surface area contributed by atoms with E-state index >= 15 is 0 Å². The van der Waals surface area contributed by atoms with Gasteiger partial charge in [-0.05, 0) is 26.2 Å². The number of likely N-dealkylation sites (tertiary alicyclic amines) is 1. The number of halogens is 1. The molecule has 0 aromatic carbocycles. The molecule has 4 aliphatic rings. The Morgan fingerprint density at radius 1 is 1.23 bits per heavy atom. The fraction of sp³-hybridized carbons (Fsp3) is 0.731. The van der Waals surface area contributed by atoms with E-state index in [0.717, 1.165) is 32.1 Å². The monoisotopic (exact) mass is 551 g/mol. The Morgan fingerprint density at radius 3 is 2.49 bits per heavy atom. The lowest BCUT2D eigenvalue weighted by atomic mass is 9.70. The van der Waals surface area contributed by atoms with Crippen LogP contribution in [0.25, 0.3) is 0 Å². The standard InChI is InChI=1S/C26H38BrN3O5/c1-5-12-28(4)23(32)19-20-24(33)30(16(3)15-31)22(26(20)14-18(27)21(19)35-26)25(34)29(13-6-2)17-10-8-7-9-11-17/h5-6,16-22,31H,1-2,7-15H2,3-4H3/t16-,18?,19+,20+,21+,22?,26?/m1/s1. The minimum absolute atomic E-state index is 0.0839. The van der Waals surface area contributed by atoms with E-state index in [9.17, 15) is 19.5 Å². The molecule has 0 aromatic rings. The summed E-state index contributed by atoms with van der Waals surface area (Å²) in [5.74, 6) is -2.08. The van der Waals surface area contributed by atoms with Gasteiger partial charge < -0.3 is 24.5 Å². The highest BCUT2D eigenvalue weighted by Crippen LogP contribution is 2.60. The zero-order valence-corrected chi connectivity index (χ0v) is 22.4. The number of aliphatic hydroxyl groups excluding tert-OH is 1. The van der Waals surface area contributed by atoms with Gasteiger partial charge in [0, 0.05) is 31.0 Å². The third-order valence-electron chi connectivity index (χ3n) is 8.39. The Morgan fingerprint density at radius 2 is 1.89 bits per heavy atom. The summed E-state index contributed by atoms with van der Waals surface area (Å²) < 4.78 is 6.57. The number of likely N-dealkylation sites (N-methyl/N-ethyl adjacent to an activating group) is 1. The average Bonchev–Trinajstić information content (AvgIpc) is 3.45. The number of aliphatic hydroxyl groups is 1. The number of nitrogens with zero attached hydrogens (tertiary/aromatic N) is 3. The van der Waals surface area contributed by atoms with Crippen LogP contribution in [0.15, 0.2) is 25.3 Å². The molecule has 9 heteroatoms. The third kappa shape index (κ3) is 4.17. The normalized spacial score (nSPS) is 35.0. The van der Waals surface area contributed by atoms with E-state index in [1.165, 1.54) is 4.90 Å². The number of amides is 3. The Labute approximate surface area is 216 Å². The number of carbonyl (C=O) groups excluding carboxylic acids is 3. The fourth-order valence-electron chi connectivity index (χ4n) is 6.84. The van der Waals surface area contributed by atoms with E-state index in [2.05, 4.69) is 29.1 Å². The minimum Gasteiger partial charge on any atom is -0.394 e. The number of hydrogen-bond acceptors (Lipinski definition) is 5. The number of carbonyl (C=O) groups is 3. The van der Waals surface area contributed by atoms with Crippen LogP contribution in [0.5, 0.6) is 0 Å². The van der Waals surface area contributed by atoms with Crippen LogP contribution in [0.1, 0.15) is 45.4 Å². The van der Waals surface area contributed by atoms with Gasteiger partial charge in [-0.3, -0.25) is 14.4 Å². The van der Waals surface area contributed by atoms with Crippen molar-refractivity contribution < 1.29 is 24.2 Å². The predicted octanol–water partition coefficient (Wildman–Crippen LogP) is 2.11. The highest BCUT2D eigenvalue weighted by atomic mass is 79.9. The molecular weight excluding hydrogens is 514 g/mol. The van der Waals surface area contributed by atoms with E-state index in [-0.39, 0.29) is 35.2 Å². The van der Waals surface area contributed by atoms with Gasteiger partial charge in [-0.1, -0.05) is 47.3 Å². The molecule has 3 heterocycles. The smallest absolute Gasteiger partial charge is 0.248 e. The lowest BCUT2D eigenvalue weighted by molar-refractivity contribution is -0.153. The summed E-state index contributed by atoms with van der Waals surface area (Å²) in [5, 5.41) is 10.0. The Hall–Kier alpha value is -1.71. The number of rotatable bonds is 9. The average molecular weight is 553 g/mol. The first-order valence-electron chi connectivity index (χ1n) is 12.8. The molecular formula is C26H38BrN3O5. The molecule has 3 aliphatic heterocycles. The van der Waals surface area contributed by atoms with Gasteiger partial charge in [0.25, 0.3) is 0 Å². The molecule has 0 radical (unpaired) electrons. The van der Waals surface area contributed by atoms with Gasteiger partial charge in [0.2, 0.25) is 17.7 Å². The van der Waals surface area contributed by atoms with Crippen LogP contribution < -0.4 is 0 Å². The van der Waals surface area contributed by atoms with Crippen LogP contribution in [0, 0.1) is 11.8 Å². The molecule has 3 unspecified atom stereocenters. The Balaban J connectivity index is 1.76. The van der Waals surface area contributed by atoms with Gasteiger partial charge in [-0.2, -0.15) is 0 Å². The van der Waals surface area contributed by atoms with Crippen molar-refractivity contribution in [3.8, 4) is 0 Å². The van der Waals surface area contributed by atoms with Crippen LogP contribution in [-0.4, -0.2) is 98.9 Å². The van der Waals surface area contributed by atoms with Crippen molar-refractivity contribution in [2.45, 2.75) is 80.1 Å². The summed E-state index contributed by atoms with van der Waals surface area (Å²) in [6.07, 6.45) is 8.47. The van der Waals surface area contributed by atoms with Crippen molar-refractivity contribution in [3.05, 3.63) is 25.3 Å². The largest absolute Gasteiger partial charge is 0.394 e. The van der Waals surface area contributed by atoms with Crippen LogP contribution in [0.4, 0.5) is 0 Å². The van der Waals surface area contributed by atoms with Gasteiger partial charge >= 0.3 is 0 Å². The Bertz CT molecular complexity index is 877. The maximum absolute atomic E-state index is 14.4. The predicted molar refractivity (Wildman–Crippen MR) is 136 cm³/mol. The van der Waals surface area contributed by atoms with Gasteiger partial charge in [0.05, 0.1) is 30.6 Å². The zero-order valence-electron chi connectivity index (χ0n) is 20.8. The summed E-state index contributed by atoms with van der Waals surface area (Å²) in [6.45, 7) is 9.81. The van der Waals surface area contributed by atoms with Crippen molar-refractivity contribution in [2.75, 3.05) is 26.7 Å². The highest BCUT2D eigenvalue weighted by Gasteiger charge is 2.77. The first-order valence-corrected chi connectivity index (χ1v) is 13.7. The number of ether oxygens (including phenoxy) is 1. The SMILES string of the molecule is C=CCN(C)C(=O)[C@H]1[C@H]2C(=O)N([C@H](C)CO)C(C(=O)N(CC=C)C3CCCCC3)C23CC(Br)[C@@H]1O3. The quantitative estimate of drug-likeness (QED) is 0.350. The lowest BCUT2D eigenvalue weighted by Crippen LogP contribution is -2.60. The van der Waals surface area contributed by atoms with Crippen molar-refractivity contribution >= 4 is 33.7 Å². The highest BCUT2D eigenvalue weighted by molar-refractivity contribution is 9.09. The van der Waals surface area contributed by atoms with Crippen molar-refractivity contribution in [1.29, 1.82) is 0 Å². The van der Waals surface area contributed by atoms with E-state index < -0.39 is 35.6 Å². The molecule has 194 valence electrons. The molecule has 4 rings (SSSR count). The van der Waals surface area contributed by atoms with Crippen LogP contribution in [0.2, 0.25) is 0 Å². The molecule has 3 amide bonds. The molecule has 0 aromatic heterocycles. The van der Waals surface area contributed by atoms with E-state index in [1.807, 2.05) is 4.90 Å². The van der Waals surface area contributed by atoms with Gasteiger partial charge in [0.15, 0.2) is 0 Å². The summed E-state index contributed by atoms with van der Waals surface area (Å²) in [6, 6.07) is -1.39.